The van der Waals surface area contributed by atoms with Crippen LogP contribution in [-0.4, -0.2) is 26.7 Å². The summed E-state index contributed by atoms with van der Waals surface area (Å²) in [5.41, 5.74) is 42.9. The third-order valence-corrected chi connectivity index (χ3v) is 19.4. The zero-order valence-corrected chi connectivity index (χ0v) is 51.2. The fourth-order valence-corrected chi connectivity index (χ4v) is 13.9. The molecule has 2 aromatic carbocycles. The largest absolute Gasteiger partial charge is 0.320 e. The van der Waals surface area contributed by atoms with Gasteiger partial charge in [0.2, 0.25) is 0 Å². The third-order valence-electron chi connectivity index (χ3n) is 19.4. The van der Waals surface area contributed by atoms with E-state index in [1.165, 1.54) is 168 Å². The highest BCUT2D eigenvalue weighted by Gasteiger charge is 2.25. The molecule has 0 bridgehead atoms. The summed E-state index contributed by atoms with van der Waals surface area (Å²) in [5, 5.41) is 0. The number of aromatic nitrogens is 6. The SMILES string of the molecule is CC1=C(C)c2c(cc3ccccn23)C1.CC1=C(C)c2c(cc3ccccn23)C1.CC1=C(C)c2cc3ccccn3c2C1.CC1=C(C)c2cc3ccccn3c2C1.Cc1cn2c(c1C)Cc1ccccc1-2.Cc1cn2c(c1C)Cc1ccccc1-2. The summed E-state index contributed by atoms with van der Waals surface area (Å²) in [6, 6.07) is 51.9. The van der Waals surface area contributed by atoms with Crippen molar-refractivity contribution in [2.75, 3.05) is 0 Å². The second-order valence-corrected chi connectivity index (χ2v) is 24.5. The number of rotatable bonds is 0. The molecule has 84 heavy (non-hydrogen) atoms. The number of hydrogen-bond donors (Lipinski definition) is 0. The molecule has 0 N–H and O–H groups in total. The quantitative estimate of drug-likeness (QED) is 0.145. The zero-order valence-electron chi connectivity index (χ0n) is 51.2. The van der Waals surface area contributed by atoms with Gasteiger partial charge in [-0.3, -0.25) is 0 Å². The number of aryl methyl sites for hydroxylation is 2. The Balaban J connectivity index is 0.0000000940. The van der Waals surface area contributed by atoms with E-state index in [0.29, 0.717) is 0 Å². The fourth-order valence-electron chi connectivity index (χ4n) is 13.9. The monoisotopic (exact) mass is 1100 g/mol. The van der Waals surface area contributed by atoms with Crippen LogP contribution in [0.5, 0.6) is 0 Å². The fraction of sp³-hybridized carbons (Fsp3) is 0.231. The van der Waals surface area contributed by atoms with E-state index in [1.54, 1.807) is 0 Å². The van der Waals surface area contributed by atoms with E-state index in [9.17, 15) is 0 Å². The maximum Gasteiger partial charge on any atom is 0.0520 e. The van der Waals surface area contributed by atoms with Gasteiger partial charge in [0.05, 0.1) is 11.4 Å². The van der Waals surface area contributed by atoms with Crippen LogP contribution in [0.4, 0.5) is 0 Å². The van der Waals surface area contributed by atoms with E-state index in [0.717, 1.165) is 38.5 Å². The van der Waals surface area contributed by atoms with Crippen LogP contribution < -0.4 is 0 Å². The normalized spacial score (nSPS) is 14.4. The van der Waals surface area contributed by atoms with Crippen molar-refractivity contribution in [1.82, 2.24) is 26.7 Å². The van der Waals surface area contributed by atoms with E-state index in [-0.39, 0.29) is 0 Å². The first-order valence-electron chi connectivity index (χ1n) is 30.2. The molecule has 0 saturated carbocycles. The first kappa shape index (κ1) is 54.3. The molecule has 10 aromatic heterocycles. The number of pyridine rings is 4. The van der Waals surface area contributed by atoms with Gasteiger partial charge in [0, 0.05) is 119 Å². The maximum absolute atomic E-state index is 2.33. The number of para-hydroxylation sites is 2. The van der Waals surface area contributed by atoms with Gasteiger partial charge in [-0.05, 0) is 259 Å². The highest BCUT2D eigenvalue weighted by Crippen LogP contribution is 2.39. The molecule has 6 aliphatic rings. The first-order chi connectivity index (χ1) is 40.6. The van der Waals surface area contributed by atoms with E-state index in [4.69, 9.17) is 0 Å². The van der Waals surface area contributed by atoms with Crippen molar-refractivity contribution in [3.05, 3.63) is 295 Å². The van der Waals surface area contributed by atoms with Crippen LogP contribution in [0, 0.1) is 27.7 Å². The van der Waals surface area contributed by atoms with Crippen LogP contribution in [0.25, 0.3) is 55.7 Å². The Hall–Kier alpha value is -9.00. The number of hydrogen-bond acceptors (Lipinski definition) is 0. The molecule has 18 rings (SSSR count). The number of nitrogens with zero attached hydrogens (tertiary/aromatic N) is 6. The van der Waals surface area contributed by atoms with Gasteiger partial charge >= 0.3 is 0 Å². The van der Waals surface area contributed by atoms with Gasteiger partial charge in [0.15, 0.2) is 0 Å². The van der Waals surface area contributed by atoms with Crippen molar-refractivity contribution < 1.29 is 0 Å². The van der Waals surface area contributed by atoms with Crippen LogP contribution in [0.2, 0.25) is 0 Å². The molecule has 12 aromatic rings. The number of fused-ring (bicyclic) bond motifs is 18. The maximum atomic E-state index is 2.33. The standard InChI is InChI=1S/6C13H13N/c2*1-9-8-14-12-6-4-3-5-11(12)7-13(14)10(9)2;2*1-9-7-11-8-12-5-3-4-6-14(12)13(11)10(9)2;2*1-9-7-13-12(10(9)2)8-11-5-3-4-6-14(11)13/h6*3-6,8H,7H2,1-2H3. The lowest BCUT2D eigenvalue weighted by Gasteiger charge is -2.01. The summed E-state index contributed by atoms with van der Waals surface area (Å²) in [6.07, 6.45) is 19.8. The van der Waals surface area contributed by atoms with E-state index in [2.05, 4.69) is 293 Å². The number of allylic oxidation sites excluding steroid dienone is 8. The second kappa shape index (κ2) is 21.6. The predicted octanol–water partition coefficient (Wildman–Crippen LogP) is 19.2. The summed E-state index contributed by atoms with van der Waals surface area (Å²) in [6.45, 7) is 26.6. The van der Waals surface area contributed by atoms with Crippen molar-refractivity contribution in [2.24, 2.45) is 0 Å². The van der Waals surface area contributed by atoms with Gasteiger partial charge in [-0.1, -0.05) is 83.0 Å². The van der Waals surface area contributed by atoms with Crippen LogP contribution in [-0.2, 0) is 38.5 Å². The van der Waals surface area contributed by atoms with Crippen LogP contribution in [0.15, 0.2) is 205 Å². The molecule has 2 aliphatic heterocycles. The van der Waals surface area contributed by atoms with Crippen molar-refractivity contribution in [1.29, 1.82) is 0 Å². The molecular formula is C78H78N6. The average molecular weight is 1100 g/mol. The van der Waals surface area contributed by atoms with Crippen molar-refractivity contribution in [3.8, 4) is 11.4 Å². The summed E-state index contributed by atoms with van der Waals surface area (Å²) in [4.78, 5) is 0. The van der Waals surface area contributed by atoms with Gasteiger partial charge in [0.25, 0.3) is 0 Å². The molecule has 4 aliphatic carbocycles. The molecule has 0 amide bonds. The Morgan fingerprint density at radius 3 is 1.01 bits per heavy atom. The summed E-state index contributed by atoms with van der Waals surface area (Å²) in [5.74, 6) is 0. The van der Waals surface area contributed by atoms with E-state index in [1.807, 2.05) is 0 Å². The molecule has 0 saturated heterocycles. The minimum atomic E-state index is 1.09. The molecule has 0 atom stereocenters. The predicted molar refractivity (Wildman–Crippen MR) is 354 cm³/mol. The Morgan fingerprint density at radius 1 is 0.286 bits per heavy atom. The molecule has 6 heteroatoms. The first-order valence-corrected chi connectivity index (χ1v) is 30.2. The van der Waals surface area contributed by atoms with Crippen LogP contribution in [0.1, 0.15) is 145 Å². The smallest absolute Gasteiger partial charge is 0.0520 e. The highest BCUT2D eigenvalue weighted by atomic mass is 15.0. The molecule has 6 nitrogen and oxygen atoms in total. The summed E-state index contributed by atoms with van der Waals surface area (Å²) in [7, 11) is 0. The van der Waals surface area contributed by atoms with Crippen molar-refractivity contribution in [2.45, 2.75) is 122 Å². The van der Waals surface area contributed by atoms with E-state index < -0.39 is 0 Å². The minimum absolute atomic E-state index is 1.09. The molecule has 0 spiro atoms. The Morgan fingerprint density at radius 2 is 0.619 bits per heavy atom. The third kappa shape index (κ3) is 9.37. The Labute approximate surface area is 496 Å². The Bertz CT molecular complexity index is 4420. The van der Waals surface area contributed by atoms with Crippen molar-refractivity contribution in [3.63, 3.8) is 0 Å². The molecule has 0 fully saturated rings. The van der Waals surface area contributed by atoms with E-state index >= 15 is 0 Å². The Kier molecular flexibility index (Phi) is 14.0. The molecular weight excluding hydrogens is 1020 g/mol. The molecule has 0 unspecified atom stereocenters. The lowest BCUT2D eigenvalue weighted by molar-refractivity contribution is 1.03. The number of benzene rings is 2. The molecule has 420 valence electrons. The van der Waals surface area contributed by atoms with Crippen LogP contribution in [0.3, 0.4) is 0 Å². The topological polar surface area (TPSA) is 27.5 Å². The molecule has 12 heterocycles. The second-order valence-electron chi connectivity index (χ2n) is 24.5. The summed E-state index contributed by atoms with van der Waals surface area (Å²) >= 11 is 0. The van der Waals surface area contributed by atoms with Gasteiger partial charge in [-0.15, -0.1) is 0 Å². The average Bonchev–Trinajstić information content (AvgIpc) is 3.23. The minimum Gasteiger partial charge on any atom is -0.320 e. The summed E-state index contributed by atoms with van der Waals surface area (Å²) < 4.78 is 13.9. The zero-order chi connectivity index (χ0) is 58.2. The van der Waals surface area contributed by atoms with Crippen molar-refractivity contribution >= 4 is 44.4 Å². The van der Waals surface area contributed by atoms with Crippen LogP contribution >= 0.6 is 0 Å². The van der Waals surface area contributed by atoms with Gasteiger partial charge in [-0.25, -0.2) is 0 Å². The van der Waals surface area contributed by atoms with Gasteiger partial charge in [0.1, 0.15) is 0 Å². The lowest BCUT2D eigenvalue weighted by atomic mass is 10.1. The molecule has 0 radical (unpaired) electrons. The van der Waals surface area contributed by atoms with Gasteiger partial charge in [-0.2, -0.15) is 0 Å². The highest BCUT2D eigenvalue weighted by molar-refractivity contribution is 5.81. The van der Waals surface area contributed by atoms with Gasteiger partial charge < -0.3 is 26.7 Å². The lowest BCUT2D eigenvalue weighted by Crippen LogP contribution is -1.90.